The fourth-order valence-electron chi connectivity index (χ4n) is 1.19. The Morgan fingerprint density at radius 1 is 1.31 bits per heavy atom. The standard InChI is InChI=1S/C10H24N2O3S/c1-4-11-7-6-10-16(13,14)12(3)8-9-15-5-2/h11H,4-10H2,1-3H3. The quantitative estimate of drug-likeness (QED) is 0.568. The first kappa shape index (κ1) is 15.8. The summed E-state index contributed by atoms with van der Waals surface area (Å²) in [6.07, 6.45) is 0.648. The summed E-state index contributed by atoms with van der Waals surface area (Å²) in [5.41, 5.74) is 0. The predicted molar refractivity (Wildman–Crippen MR) is 66.1 cm³/mol. The summed E-state index contributed by atoms with van der Waals surface area (Å²) >= 11 is 0. The van der Waals surface area contributed by atoms with Gasteiger partial charge in [-0.25, -0.2) is 12.7 Å². The lowest BCUT2D eigenvalue weighted by atomic mass is 10.5. The molecule has 0 rings (SSSR count). The normalized spacial score (nSPS) is 12.2. The minimum Gasteiger partial charge on any atom is -0.380 e. The van der Waals surface area contributed by atoms with E-state index in [0.717, 1.165) is 13.1 Å². The predicted octanol–water partition coefficient (Wildman–Crippen LogP) is 0.284. The molecular weight excluding hydrogens is 228 g/mol. The summed E-state index contributed by atoms with van der Waals surface area (Å²) in [7, 11) is -1.51. The SMILES string of the molecule is CCNCCCS(=O)(=O)N(C)CCOCC. The smallest absolute Gasteiger partial charge is 0.213 e. The molecule has 16 heavy (non-hydrogen) atoms. The van der Waals surface area contributed by atoms with E-state index in [1.54, 1.807) is 7.05 Å². The fourth-order valence-corrected chi connectivity index (χ4v) is 2.36. The molecule has 0 radical (unpaired) electrons. The average Bonchev–Trinajstić information content (AvgIpc) is 2.24. The highest BCUT2D eigenvalue weighted by Gasteiger charge is 2.16. The van der Waals surface area contributed by atoms with Crippen LogP contribution < -0.4 is 5.32 Å². The number of hydrogen-bond donors (Lipinski definition) is 1. The highest BCUT2D eigenvalue weighted by Crippen LogP contribution is 1.99. The molecule has 0 aliphatic rings. The van der Waals surface area contributed by atoms with Crippen LogP contribution in [0.5, 0.6) is 0 Å². The van der Waals surface area contributed by atoms with Gasteiger partial charge in [-0.1, -0.05) is 6.92 Å². The molecule has 0 heterocycles. The highest BCUT2D eigenvalue weighted by atomic mass is 32.2. The molecule has 5 nitrogen and oxygen atoms in total. The van der Waals surface area contributed by atoms with Crippen molar-refractivity contribution in [2.75, 3.05) is 45.6 Å². The van der Waals surface area contributed by atoms with Crippen molar-refractivity contribution in [3.63, 3.8) is 0 Å². The molecule has 0 aromatic carbocycles. The van der Waals surface area contributed by atoms with Crippen molar-refractivity contribution in [1.82, 2.24) is 9.62 Å². The van der Waals surface area contributed by atoms with E-state index in [4.69, 9.17) is 4.74 Å². The van der Waals surface area contributed by atoms with E-state index in [2.05, 4.69) is 5.32 Å². The number of ether oxygens (including phenoxy) is 1. The van der Waals surface area contributed by atoms with Gasteiger partial charge >= 0.3 is 0 Å². The van der Waals surface area contributed by atoms with Gasteiger partial charge in [-0.05, 0) is 26.4 Å². The molecule has 0 fully saturated rings. The summed E-state index contributed by atoms with van der Waals surface area (Å²) in [5, 5.41) is 3.10. The molecular formula is C10H24N2O3S. The molecule has 0 aromatic heterocycles. The molecule has 0 saturated carbocycles. The van der Waals surface area contributed by atoms with Gasteiger partial charge in [-0.2, -0.15) is 0 Å². The second-order valence-corrected chi connectivity index (χ2v) is 5.74. The summed E-state index contributed by atoms with van der Waals surface area (Å²) in [4.78, 5) is 0. The van der Waals surface area contributed by atoms with Crippen molar-refractivity contribution in [2.45, 2.75) is 20.3 Å². The molecule has 0 amide bonds. The Morgan fingerprint density at radius 3 is 2.56 bits per heavy atom. The molecule has 0 aromatic rings. The molecule has 0 spiro atoms. The first-order valence-electron chi connectivity index (χ1n) is 5.77. The van der Waals surface area contributed by atoms with Crippen molar-refractivity contribution in [3.8, 4) is 0 Å². The Bertz CT molecular complexity index is 255. The van der Waals surface area contributed by atoms with E-state index in [-0.39, 0.29) is 5.75 Å². The van der Waals surface area contributed by atoms with E-state index in [0.29, 0.717) is 26.2 Å². The number of hydrogen-bond acceptors (Lipinski definition) is 4. The van der Waals surface area contributed by atoms with Gasteiger partial charge < -0.3 is 10.1 Å². The van der Waals surface area contributed by atoms with Crippen molar-refractivity contribution in [2.24, 2.45) is 0 Å². The maximum atomic E-state index is 11.7. The lowest BCUT2D eigenvalue weighted by molar-refractivity contribution is 0.138. The van der Waals surface area contributed by atoms with Crippen LogP contribution in [0.15, 0.2) is 0 Å². The van der Waals surface area contributed by atoms with Gasteiger partial charge in [-0.15, -0.1) is 0 Å². The summed E-state index contributed by atoms with van der Waals surface area (Å²) < 4.78 is 30.0. The second kappa shape index (κ2) is 8.92. The molecule has 0 atom stereocenters. The summed E-state index contributed by atoms with van der Waals surface area (Å²) in [6, 6.07) is 0. The molecule has 0 saturated heterocycles. The van der Waals surface area contributed by atoms with Crippen LogP contribution in [0.2, 0.25) is 0 Å². The third kappa shape index (κ3) is 7.16. The maximum absolute atomic E-state index is 11.7. The lowest BCUT2D eigenvalue weighted by Crippen LogP contribution is -2.33. The summed E-state index contributed by atoms with van der Waals surface area (Å²) in [6.45, 7) is 7.02. The van der Waals surface area contributed by atoms with Crippen LogP contribution in [0.25, 0.3) is 0 Å². The van der Waals surface area contributed by atoms with Gasteiger partial charge in [0.2, 0.25) is 10.0 Å². The van der Waals surface area contributed by atoms with Crippen molar-refractivity contribution in [1.29, 1.82) is 0 Å². The Hall–Kier alpha value is -0.170. The first-order valence-corrected chi connectivity index (χ1v) is 7.38. The zero-order valence-electron chi connectivity index (χ0n) is 10.5. The van der Waals surface area contributed by atoms with E-state index < -0.39 is 10.0 Å². The van der Waals surface area contributed by atoms with Crippen LogP contribution in [0.3, 0.4) is 0 Å². The van der Waals surface area contributed by atoms with Crippen molar-refractivity contribution < 1.29 is 13.2 Å². The van der Waals surface area contributed by atoms with Crippen LogP contribution in [-0.2, 0) is 14.8 Å². The van der Waals surface area contributed by atoms with Gasteiger partial charge in [0, 0.05) is 20.2 Å². The van der Waals surface area contributed by atoms with Gasteiger partial charge in [0.25, 0.3) is 0 Å². The Morgan fingerprint density at radius 2 is 2.00 bits per heavy atom. The van der Waals surface area contributed by atoms with Gasteiger partial charge in [0.1, 0.15) is 0 Å². The Balaban J connectivity index is 3.82. The minimum atomic E-state index is -3.11. The molecule has 1 N–H and O–H groups in total. The lowest BCUT2D eigenvalue weighted by Gasteiger charge is -2.16. The number of nitrogens with one attached hydrogen (secondary N) is 1. The van der Waals surface area contributed by atoms with Gasteiger partial charge in [0.15, 0.2) is 0 Å². The van der Waals surface area contributed by atoms with Gasteiger partial charge in [0.05, 0.1) is 12.4 Å². The second-order valence-electron chi connectivity index (χ2n) is 3.54. The van der Waals surface area contributed by atoms with Gasteiger partial charge in [-0.3, -0.25) is 0 Å². The van der Waals surface area contributed by atoms with Crippen LogP contribution in [-0.4, -0.2) is 58.4 Å². The minimum absolute atomic E-state index is 0.197. The maximum Gasteiger partial charge on any atom is 0.213 e. The topological polar surface area (TPSA) is 58.6 Å². The Kier molecular flexibility index (Phi) is 8.83. The van der Waals surface area contributed by atoms with E-state index in [1.165, 1.54) is 4.31 Å². The molecule has 0 bridgehead atoms. The molecule has 0 aliphatic carbocycles. The van der Waals surface area contributed by atoms with E-state index in [1.807, 2.05) is 13.8 Å². The van der Waals surface area contributed by atoms with Crippen molar-refractivity contribution >= 4 is 10.0 Å². The third-order valence-corrected chi connectivity index (χ3v) is 4.17. The highest BCUT2D eigenvalue weighted by molar-refractivity contribution is 7.89. The number of sulfonamides is 1. The van der Waals surface area contributed by atoms with Crippen LogP contribution in [0, 0.1) is 0 Å². The molecule has 98 valence electrons. The van der Waals surface area contributed by atoms with Crippen molar-refractivity contribution in [3.05, 3.63) is 0 Å². The largest absolute Gasteiger partial charge is 0.380 e. The monoisotopic (exact) mass is 252 g/mol. The number of rotatable bonds is 10. The first-order chi connectivity index (χ1) is 7.54. The zero-order valence-corrected chi connectivity index (χ0v) is 11.3. The zero-order chi connectivity index (χ0) is 12.4. The number of likely N-dealkylation sites (N-methyl/N-ethyl adjacent to an activating group) is 1. The fraction of sp³-hybridized carbons (Fsp3) is 1.00. The third-order valence-electron chi connectivity index (χ3n) is 2.24. The molecule has 6 heteroatoms. The van der Waals surface area contributed by atoms with Crippen LogP contribution in [0.4, 0.5) is 0 Å². The van der Waals surface area contributed by atoms with E-state index >= 15 is 0 Å². The molecule has 0 unspecified atom stereocenters. The summed E-state index contributed by atoms with van der Waals surface area (Å²) in [5.74, 6) is 0.197. The molecule has 0 aliphatic heterocycles. The Labute approximate surface area is 99.2 Å². The average molecular weight is 252 g/mol. The van der Waals surface area contributed by atoms with Crippen LogP contribution in [0.1, 0.15) is 20.3 Å². The number of nitrogens with zero attached hydrogens (tertiary/aromatic N) is 1. The van der Waals surface area contributed by atoms with E-state index in [9.17, 15) is 8.42 Å². The van der Waals surface area contributed by atoms with Crippen LogP contribution >= 0.6 is 0 Å².